The lowest BCUT2D eigenvalue weighted by atomic mass is 10.2. The number of hydrazone groups is 1. The van der Waals surface area contributed by atoms with Crippen molar-refractivity contribution in [1.29, 1.82) is 0 Å². The van der Waals surface area contributed by atoms with Crippen LogP contribution in [0.5, 0.6) is 11.5 Å². The Kier molecular flexibility index (Phi) is 3.12. The van der Waals surface area contributed by atoms with Gasteiger partial charge in [0.05, 0.1) is 6.21 Å². The normalized spacial score (nSPS) is 12.8. The number of aryl methyl sites for hydroxylation is 1. The van der Waals surface area contributed by atoms with Crippen LogP contribution in [0, 0.1) is 6.92 Å². The summed E-state index contributed by atoms with van der Waals surface area (Å²) in [6, 6.07) is 8.54. The smallest absolute Gasteiger partial charge is 0.271 e. The molecule has 0 radical (unpaired) electrons. The maximum Gasteiger partial charge on any atom is 0.271 e. The minimum atomic E-state index is -0.331. The van der Waals surface area contributed by atoms with E-state index in [4.69, 9.17) is 13.9 Å². The number of furan rings is 1. The average molecular weight is 272 g/mol. The van der Waals surface area contributed by atoms with Crippen LogP contribution in [0.1, 0.15) is 21.9 Å². The van der Waals surface area contributed by atoms with Crippen LogP contribution < -0.4 is 14.9 Å². The second-order valence-corrected chi connectivity index (χ2v) is 4.22. The van der Waals surface area contributed by atoms with E-state index in [2.05, 4.69) is 10.5 Å². The predicted octanol–water partition coefficient (Wildman–Crippen LogP) is 2.08. The minimum Gasteiger partial charge on any atom is -0.460 e. The number of rotatable bonds is 3. The lowest BCUT2D eigenvalue weighted by molar-refractivity contribution is 0.0954. The zero-order valence-corrected chi connectivity index (χ0v) is 10.8. The van der Waals surface area contributed by atoms with Crippen molar-refractivity contribution in [3.63, 3.8) is 0 Å². The van der Waals surface area contributed by atoms with Crippen molar-refractivity contribution in [2.45, 2.75) is 6.92 Å². The highest BCUT2D eigenvalue weighted by atomic mass is 16.7. The van der Waals surface area contributed by atoms with Crippen LogP contribution in [0.15, 0.2) is 39.9 Å². The van der Waals surface area contributed by atoms with E-state index in [0.29, 0.717) is 22.8 Å². The molecule has 1 N–H and O–H groups in total. The van der Waals surface area contributed by atoms with E-state index in [1.807, 2.05) is 13.0 Å². The predicted molar refractivity (Wildman–Crippen MR) is 71.1 cm³/mol. The Morgan fingerprint density at radius 2 is 2.10 bits per heavy atom. The molecule has 0 spiro atoms. The molecule has 1 amide bonds. The van der Waals surface area contributed by atoms with Crippen molar-refractivity contribution in [3.8, 4) is 11.5 Å². The third kappa shape index (κ3) is 2.49. The van der Waals surface area contributed by atoms with Crippen LogP contribution in [-0.2, 0) is 0 Å². The van der Waals surface area contributed by atoms with Gasteiger partial charge in [-0.15, -0.1) is 0 Å². The van der Waals surface area contributed by atoms with E-state index in [-0.39, 0.29) is 12.7 Å². The van der Waals surface area contributed by atoms with Gasteiger partial charge in [0.1, 0.15) is 11.5 Å². The second kappa shape index (κ2) is 5.08. The molecule has 0 bridgehead atoms. The quantitative estimate of drug-likeness (QED) is 0.685. The molecule has 0 aliphatic carbocycles. The Labute approximate surface area is 115 Å². The van der Waals surface area contributed by atoms with Crippen molar-refractivity contribution in [2.75, 3.05) is 6.79 Å². The van der Waals surface area contributed by atoms with Gasteiger partial charge in [0.25, 0.3) is 5.91 Å². The first kappa shape index (κ1) is 12.3. The number of nitrogens with one attached hydrogen (secondary N) is 1. The molecule has 2 heterocycles. The van der Waals surface area contributed by atoms with Crippen LogP contribution in [0.3, 0.4) is 0 Å². The molecule has 2 aromatic rings. The molecule has 3 rings (SSSR count). The maximum atomic E-state index is 11.9. The Hall–Kier alpha value is -2.76. The molecule has 0 saturated carbocycles. The molecule has 1 aliphatic heterocycles. The number of carbonyl (C=O) groups is 1. The molecule has 0 unspecified atom stereocenters. The van der Waals surface area contributed by atoms with E-state index >= 15 is 0 Å². The average Bonchev–Trinajstić information content (AvgIpc) is 3.06. The Balaban J connectivity index is 1.66. The van der Waals surface area contributed by atoms with E-state index in [1.165, 1.54) is 6.21 Å². The Morgan fingerprint density at radius 1 is 1.25 bits per heavy atom. The highest BCUT2D eigenvalue weighted by Gasteiger charge is 2.15. The fourth-order valence-corrected chi connectivity index (χ4v) is 1.78. The molecule has 0 fully saturated rings. The molecule has 0 saturated heterocycles. The molecule has 20 heavy (non-hydrogen) atoms. The molecular formula is C14H12N2O4. The molecule has 1 aliphatic rings. The van der Waals surface area contributed by atoms with Gasteiger partial charge >= 0.3 is 0 Å². The minimum absolute atomic E-state index is 0.177. The van der Waals surface area contributed by atoms with Gasteiger partial charge in [0.2, 0.25) is 6.79 Å². The van der Waals surface area contributed by atoms with E-state index < -0.39 is 0 Å². The van der Waals surface area contributed by atoms with Crippen molar-refractivity contribution < 1.29 is 18.7 Å². The topological polar surface area (TPSA) is 73.1 Å². The van der Waals surface area contributed by atoms with Crippen molar-refractivity contribution >= 4 is 12.1 Å². The van der Waals surface area contributed by atoms with Gasteiger partial charge in [-0.05, 0) is 37.3 Å². The summed E-state index contributed by atoms with van der Waals surface area (Å²) in [5.41, 5.74) is 2.87. The molecule has 1 aromatic heterocycles. The summed E-state index contributed by atoms with van der Waals surface area (Å²) in [7, 11) is 0. The summed E-state index contributed by atoms with van der Waals surface area (Å²) < 4.78 is 15.7. The number of nitrogens with zero attached hydrogens (tertiary/aromatic N) is 1. The molecule has 102 valence electrons. The van der Waals surface area contributed by atoms with E-state index in [0.717, 1.165) is 5.76 Å². The number of ether oxygens (including phenoxy) is 2. The summed E-state index contributed by atoms with van der Waals surface area (Å²) in [5.74, 6) is 2.23. The van der Waals surface area contributed by atoms with Crippen LogP contribution in [0.25, 0.3) is 0 Å². The third-order valence-corrected chi connectivity index (χ3v) is 2.75. The van der Waals surface area contributed by atoms with Gasteiger partial charge in [-0.25, -0.2) is 5.43 Å². The van der Waals surface area contributed by atoms with Gasteiger partial charge in [0, 0.05) is 5.56 Å². The molecule has 6 nitrogen and oxygen atoms in total. The van der Waals surface area contributed by atoms with Gasteiger partial charge in [0.15, 0.2) is 11.5 Å². The summed E-state index contributed by atoms with van der Waals surface area (Å²) >= 11 is 0. The van der Waals surface area contributed by atoms with Crippen molar-refractivity contribution in [1.82, 2.24) is 5.43 Å². The molecule has 0 atom stereocenters. The number of hydrogen-bond donors (Lipinski definition) is 1. The summed E-state index contributed by atoms with van der Waals surface area (Å²) in [4.78, 5) is 11.9. The van der Waals surface area contributed by atoms with E-state index in [1.54, 1.807) is 24.3 Å². The number of carbonyl (C=O) groups excluding carboxylic acids is 1. The zero-order chi connectivity index (χ0) is 13.9. The lowest BCUT2D eigenvalue weighted by Crippen LogP contribution is -2.17. The van der Waals surface area contributed by atoms with Crippen LogP contribution in [-0.4, -0.2) is 18.9 Å². The SMILES string of the molecule is Cc1ccc(/C=N/NC(=O)c2ccc3c(c2)OCO3)o1. The zero-order valence-electron chi connectivity index (χ0n) is 10.8. The summed E-state index contributed by atoms with van der Waals surface area (Å²) in [6.45, 7) is 2.01. The second-order valence-electron chi connectivity index (χ2n) is 4.22. The number of amides is 1. The highest BCUT2D eigenvalue weighted by Crippen LogP contribution is 2.32. The first-order valence-corrected chi connectivity index (χ1v) is 6.02. The monoisotopic (exact) mass is 272 g/mol. The third-order valence-electron chi connectivity index (χ3n) is 2.75. The van der Waals surface area contributed by atoms with Gasteiger partial charge in [-0.1, -0.05) is 0 Å². The van der Waals surface area contributed by atoms with Gasteiger partial charge in [-0.2, -0.15) is 5.10 Å². The first-order valence-electron chi connectivity index (χ1n) is 6.02. The van der Waals surface area contributed by atoms with Crippen molar-refractivity contribution in [2.24, 2.45) is 5.10 Å². The highest BCUT2D eigenvalue weighted by molar-refractivity contribution is 5.95. The number of hydrogen-bond acceptors (Lipinski definition) is 5. The Bertz CT molecular complexity index is 676. The Morgan fingerprint density at radius 3 is 2.90 bits per heavy atom. The fraction of sp³-hybridized carbons (Fsp3) is 0.143. The van der Waals surface area contributed by atoms with Crippen molar-refractivity contribution in [3.05, 3.63) is 47.4 Å². The molecule has 6 heteroatoms. The number of fused-ring (bicyclic) bond motifs is 1. The van der Waals surface area contributed by atoms with E-state index in [9.17, 15) is 4.79 Å². The number of benzene rings is 1. The van der Waals surface area contributed by atoms with Crippen LogP contribution in [0.4, 0.5) is 0 Å². The lowest BCUT2D eigenvalue weighted by Gasteiger charge is -2.01. The standard InChI is InChI=1S/C14H12N2O4/c1-9-2-4-11(20-9)7-15-16-14(17)10-3-5-12-13(6-10)19-8-18-12/h2-7H,8H2,1H3,(H,16,17)/b15-7+. The summed E-state index contributed by atoms with van der Waals surface area (Å²) in [5, 5.41) is 3.83. The van der Waals surface area contributed by atoms with Crippen LogP contribution in [0.2, 0.25) is 0 Å². The maximum absolute atomic E-state index is 11.9. The summed E-state index contributed by atoms with van der Waals surface area (Å²) in [6.07, 6.45) is 1.44. The fourth-order valence-electron chi connectivity index (χ4n) is 1.78. The van der Waals surface area contributed by atoms with Gasteiger partial charge < -0.3 is 13.9 Å². The molecule has 1 aromatic carbocycles. The largest absolute Gasteiger partial charge is 0.460 e. The van der Waals surface area contributed by atoms with Gasteiger partial charge in [-0.3, -0.25) is 4.79 Å². The van der Waals surface area contributed by atoms with Crippen LogP contribution >= 0.6 is 0 Å². The first-order chi connectivity index (χ1) is 9.72. The molecular weight excluding hydrogens is 260 g/mol.